The van der Waals surface area contributed by atoms with E-state index in [2.05, 4.69) is 16.6 Å². The smallest absolute Gasteiger partial charge is 0.293 e. The van der Waals surface area contributed by atoms with E-state index in [-0.39, 0.29) is 15.6 Å². The number of rotatable bonds is 9. The van der Waals surface area contributed by atoms with Crippen LogP contribution in [0.2, 0.25) is 10.0 Å². The average molecular weight is 504 g/mol. The lowest BCUT2D eigenvalue weighted by Crippen LogP contribution is -2.46. The summed E-state index contributed by atoms with van der Waals surface area (Å²) < 4.78 is 80.1. The number of hydrogen-bond donors (Lipinski definition) is 0. The lowest BCUT2D eigenvalue weighted by molar-refractivity contribution is -0.216. The molecule has 0 radical (unpaired) electrons. The topological polar surface area (TPSA) is 45.6 Å². The van der Waals surface area contributed by atoms with Crippen LogP contribution in [-0.2, 0) is 0 Å². The van der Waals surface area contributed by atoms with Crippen molar-refractivity contribution >= 4 is 35.2 Å². The number of Topliss-reactive ketones (excluding diaryl/α,β-unsaturated/α-hetero) is 1. The van der Waals surface area contributed by atoms with E-state index < -0.39 is 54.3 Å². The number of pyridine rings is 1. The number of halogens is 8. The van der Waals surface area contributed by atoms with Crippen molar-refractivity contribution in [1.29, 1.82) is 0 Å². The van der Waals surface area contributed by atoms with Gasteiger partial charge in [0, 0.05) is 37.9 Å². The number of carbonyl (C=O) groups excluding carboxylic acids is 1. The second kappa shape index (κ2) is 10.8. The molecule has 32 heavy (non-hydrogen) atoms. The number of carbonyl (C=O) groups is 1. The zero-order valence-corrected chi connectivity index (χ0v) is 18.9. The Morgan fingerprint density at radius 3 is 2.09 bits per heavy atom. The average Bonchev–Trinajstić information content (AvgIpc) is 2.62. The third kappa shape index (κ3) is 7.60. The Morgan fingerprint density at radius 1 is 1.12 bits per heavy atom. The van der Waals surface area contributed by atoms with Gasteiger partial charge in [0.25, 0.3) is 0 Å². The van der Waals surface area contributed by atoms with Gasteiger partial charge in [-0.2, -0.15) is 26.3 Å². The zero-order chi connectivity index (χ0) is 24.9. The van der Waals surface area contributed by atoms with Crippen molar-refractivity contribution in [3.05, 3.63) is 51.9 Å². The van der Waals surface area contributed by atoms with Gasteiger partial charge in [-0.15, -0.1) is 0 Å². The molecule has 1 rings (SSSR count). The van der Waals surface area contributed by atoms with E-state index in [9.17, 15) is 31.1 Å². The molecule has 0 aliphatic carbocycles. The fourth-order valence-corrected chi connectivity index (χ4v) is 3.15. The molecule has 4 nitrogen and oxygen atoms in total. The molecule has 0 atom stereocenters. The first-order valence-corrected chi connectivity index (χ1v) is 9.81. The maximum Gasteiger partial charge on any atom is 0.416 e. The van der Waals surface area contributed by atoms with E-state index in [4.69, 9.17) is 23.2 Å². The highest BCUT2D eigenvalue weighted by Gasteiger charge is 2.48. The van der Waals surface area contributed by atoms with E-state index >= 15 is 0 Å². The first-order chi connectivity index (χ1) is 14.5. The highest BCUT2D eigenvalue weighted by molar-refractivity contribution is 6.39. The van der Waals surface area contributed by atoms with E-state index in [1.807, 2.05) is 0 Å². The number of aliphatic imine (C=N–C) groups is 1. The Balaban J connectivity index is 3.39. The van der Waals surface area contributed by atoms with Gasteiger partial charge in [-0.25, -0.2) is 0 Å². The molecule has 1 aromatic heterocycles. The van der Waals surface area contributed by atoms with Crippen molar-refractivity contribution < 1.29 is 31.1 Å². The fraction of sp³-hybridized carbons (Fsp3) is 0.450. The second-order valence-electron chi connectivity index (χ2n) is 7.47. The molecule has 1 aromatic rings. The summed E-state index contributed by atoms with van der Waals surface area (Å²) in [6.45, 7) is 4.03. The van der Waals surface area contributed by atoms with Gasteiger partial charge in [-0.3, -0.25) is 19.7 Å². The first kappa shape index (κ1) is 28.1. The van der Waals surface area contributed by atoms with Crippen molar-refractivity contribution in [2.45, 2.75) is 33.1 Å². The van der Waals surface area contributed by atoms with E-state index in [0.717, 1.165) is 37.3 Å². The number of hydrogen-bond acceptors (Lipinski definition) is 4. The van der Waals surface area contributed by atoms with Gasteiger partial charge in [0.1, 0.15) is 0 Å². The molecule has 0 unspecified atom stereocenters. The third-order valence-corrected chi connectivity index (χ3v) is 4.96. The summed E-state index contributed by atoms with van der Waals surface area (Å²) in [6, 6.07) is 0. The van der Waals surface area contributed by atoms with Crippen LogP contribution < -0.4 is 0 Å². The molecule has 0 aliphatic heterocycles. The van der Waals surface area contributed by atoms with Crippen LogP contribution in [-0.4, -0.2) is 53.9 Å². The normalized spacial score (nSPS) is 13.8. The van der Waals surface area contributed by atoms with Crippen LogP contribution in [0.4, 0.5) is 26.3 Å². The molecule has 0 amide bonds. The van der Waals surface area contributed by atoms with Crippen LogP contribution in [0.25, 0.3) is 0 Å². The highest BCUT2D eigenvalue weighted by atomic mass is 35.5. The number of alkyl halides is 6. The molecule has 12 heteroatoms. The van der Waals surface area contributed by atoms with Gasteiger partial charge in [0.2, 0.25) is 0 Å². The van der Waals surface area contributed by atoms with Crippen LogP contribution in [0.15, 0.2) is 41.3 Å². The first-order valence-electron chi connectivity index (χ1n) is 9.06. The van der Waals surface area contributed by atoms with Crippen LogP contribution in [0.1, 0.15) is 31.1 Å². The highest BCUT2D eigenvalue weighted by Crippen LogP contribution is 2.39. The lowest BCUT2D eigenvalue weighted by Gasteiger charge is -2.34. The molecule has 0 fully saturated rings. The van der Waals surface area contributed by atoms with Gasteiger partial charge in [0.05, 0.1) is 33.1 Å². The Bertz CT molecular complexity index is 887. The number of ketones is 1. The molecule has 0 saturated carbocycles. The van der Waals surface area contributed by atoms with Crippen molar-refractivity contribution in [3.63, 3.8) is 0 Å². The van der Waals surface area contributed by atoms with E-state index in [1.165, 1.54) is 13.1 Å². The number of nitrogens with zero attached hydrogens (tertiary/aromatic N) is 3. The maximum atomic E-state index is 13.5. The minimum Gasteiger partial charge on any atom is -0.293 e. The van der Waals surface area contributed by atoms with Crippen molar-refractivity contribution in [1.82, 2.24) is 9.88 Å². The predicted molar refractivity (Wildman–Crippen MR) is 112 cm³/mol. The van der Waals surface area contributed by atoms with Gasteiger partial charge < -0.3 is 0 Å². The molecular weight excluding hydrogens is 483 g/mol. The monoisotopic (exact) mass is 503 g/mol. The fourth-order valence-electron chi connectivity index (χ4n) is 2.58. The summed E-state index contributed by atoms with van der Waals surface area (Å²) in [5.74, 6) is -0.781. The molecule has 0 aromatic carbocycles. The van der Waals surface area contributed by atoms with Gasteiger partial charge in [-0.05, 0) is 26.3 Å². The minimum absolute atomic E-state index is 0.136. The molecule has 0 bridgehead atoms. The summed E-state index contributed by atoms with van der Waals surface area (Å²) in [6.07, 6.45) is -5.24. The SMILES string of the molecule is C=C(/C(=C\N=CC)CN(CC(=O)c1c(Cl)cncc1Cl)CC(C)(C)C(F)(F)F)C(F)(F)F. The lowest BCUT2D eigenvalue weighted by atomic mass is 9.91. The van der Waals surface area contributed by atoms with E-state index in [0.29, 0.717) is 0 Å². The Hall–Kier alpha value is -1.91. The second-order valence-corrected chi connectivity index (χ2v) is 8.28. The summed E-state index contributed by atoms with van der Waals surface area (Å²) in [7, 11) is 0. The van der Waals surface area contributed by atoms with Crippen molar-refractivity contribution in [2.24, 2.45) is 10.4 Å². The van der Waals surface area contributed by atoms with Gasteiger partial charge >= 0.3 is 12.4 Å². The van der Waals surface area contributed by atoms with Crippen molar-refractivity contribution in [2.75, 3.05) is 19.6 Å². The third-order valence-electron chi connectivity index (χ3n) is 4.39. The van der Waals surface area contributed by atoms with Gasteiger partial charge in [-0.1, -0.05) is 29.8 Å². The summed E-state index contributed by atoms with van der Waals surface area (Å²) in [5.41, 5.74) is -4.32. The van der Waals surface area contributed by atoms with Crippen LogP contribution in [0, 0.1) is 5.41 Å². The van der Waals surface area contributed by atoms with Crippen LogP contribution in [0.5, 0.6) is 0 Å². The van der Waals surface area contributed by atoms with Crippen LogP contribution in [0.3, 0.4) is 0 Å². The van der Waals surface area contributed by atoms with Gasteiger partial charge in [0.15, 0.2) is 5.78 Å². The zero-order valence-electron chi connectivity index (χ0n) is 17.4. The molecule has 0 N–H and O–H groups in total. The Morgan fingerprint density at radius 2 is 1.66 bits per heavy atom. The molecule has 178 valence electrons. The predicted octanol–water partition coefficient (Wildman–Crippen LogP) is 6.55. The largest absolute Gasteiger partial charge is 0.416 e. The minimum atomic E-state index is -4.85. The summed E-state index contributed by atoms with van der Waals surface area (Å²) in [4.78, 5) is 21.0. The molecule has 0 aliphatic rings. The maximum absolute atomic E-state index is 13.5. The van der Waals surface area contributed by atoms with Crippen LogP contribution >= 0.6 is 23.2 Å². The summed E-state index contributed by atoms with van der Waals surface area (Å²) in [5, 5.41) is -0.271. The molecule has 1 heterocycles. The molecule has 0 saturated heterocycles. The Kier molecular flexibility index (Phi) is 9.50. The van der Waals surface area contributed by atoms with Crippen molar-refractivity contribution in [3.8, 4) is 0 Å². The molecule has 0 spiro atoms. The number of aromatic nitrogens is 1. The molecular formula is C20H21Cl2F6N3O. The standard InChI is InChI=1S/C20H21Cl2F6N3O/c1-5-29-6-13(12(2)19(23,24)25)9-31(11-18(3,4)20(26,27)28)10-16(32)17-14(21)7-30-8-15(17)22/h5-8H,2,9-11H2,1,3-4H3/b13-6-,29-5?. The van der Waals surface area contributed by atoms with E-state index in [1.54, 1.807) is 0 Å². The Labute approximate surface area is 191 Å². The quantitative estimate of drug-likeness (QED) is 0.166. The summed E-state index contributed by atoms with van der Waals surface area (Å²) >= 11 is 11.9.